The average Bonchev–Trinajstić information content (AvgIpc) is 3.00. The van der Waals surface area contributed by atoms with E-state index in [-0.39, 0.29) is 11.4 Å². The first-order chi connectivity index (χ1) is 11.8. The normalized spacial score (nSPS) is 18.4. The van der Waals surface area contributed by atoms with E-state index in [1.54, 1.807) is 0 Å². The number of nitrogens with one attached hydrogen (secondary N) is 1. The number of carbonyl (C=O) groups excluding carboxylic acids is 1. The molecular formula is C17H14F4N2O2. The Morgan fingerprint density at radius 1 is 1.16 bits per heavy atom. The molecule has 4 rings (SSSR count). The molecule has 0 unspecified atom stereocenters. The van der Waals surface area contributed by atoms with Crippen molar-refractivity contribution in [3.8, 4) is 11.4 Å². The molecule has 132 valence electrons. The molecule has 2 aliphatic rings. The molecule has 25 heavy (non-hydrogen) atoms. The van der Waals surface area contributed by atoms with Crippen LogP contribution in [0.4, 0.5) is 17.6 Å². The highest BCUT2D eigenvalue weighted by Crippen LogP contribution is 2.46. The van der Waals surface area contributed by atoms with Gasteiger partial charge in [0.1, 0.15) is 11.4 Å². The van der Waals surface area contributed by atoms with Gasteiger partial charge < -0.3 is 14.6 Å². The minimum atomic E-state index is -5.04. The van der Waals surface area contributed by atoms with E-state index in [1.807, 2.05) is 0 Å². The number of fused-ring (bicyclic) bond motifs is 4. The van der Waals surface area contributed by atoms with Crippen LogP contribution in [0.15, 0.2) is 30.3 Å². The van der Waals surface area contributed by atoms with Gasteiger partial charge in [-0.05, 0) is 37.4 Å². The number of rotatable bonds is 1. The van der Waals surface area contributed by atoms with Gasteiger partial charge in [0.05, 0.1) is 11.4 Å². The van der Waals surface area contributed by atoms with Crippen LogP contribution in [0.1, 0.15) is 29.0 Å². The predicted octanol–water partition coefficient (Wildman–Crippen LogP) is 3.33. The molecule has 3 heterocycles. The second-order valence-corrected chi connectivity index (χ2v) is 6.20. The number of para-hydroxylation sites is 1. The average molecular weight is 354 g/mol. The lowest BCUT2D eigenvalue weighted by molar-refractivity contribution is -0.0890. The third-order valence-corrected chi connectivity index (χ3v) is 4.73. The molecule has 2 aliphatic heterocycles. The minimum Gasteiger partial charge on any atom is -0.479 e. The summed E-state index contributed by atoms with van der Waals surface area (Å²) in [7, 11) is 0. The van der Waals surface area contributed by atoms with Crippen LogP contribution in [0.25, 0.3) is 5.69 Å². The lowest BCUT2D eigenvalue weighted by Crippen LogP contribution is -2.47. The van der Waals surface area contributed by atoms with Gasteiger partial charge in [-0.3, -0.25) is 4.79 Å². The molecular weight excluding hydrogens is 340 g/mol. The van der Waals surface area contributed by atoms with Crippen LogP contribution in [-0.2, 0) is 5.60 Å². The quantitative estimate of drug-likeness (QED) is 0.631. The zero-order valence-corrected chi connectivity index (χ0v) is 13.0. The first-order valence-electron chi connectivity index (χ1n) is 7.86. The Balaban J connectivity index is 1.98. The van der Waals surface area contributed by atoms with Crippen molar-refractivity contribution < 1.29 is 27.1 Å². The summed E-state index contributed by atoms with van der Waals surface area (Å²) in [6, 6.07) is 6.60. The van der Waals surface area contributed by atoms with E-state index in [1.165, 1.54) is 18.2 Å². The lowest BCUT2D eigenvalue weighted by atomic mass is 9.87. The summed E-state index contributed by atoms with van der Waals surface area (Å²) < 4.78 is 60.5. The van der Waals surface area contributed by atoms with Crippen LogP contribution < -0.4 is 10.1 Å². The van der Waals surface area contributed by atoms with E-state index in [4.69, 9.17) is 4.74 Å². The number of carbonyl (C=O) groups is 1. The number of nitrogens with zero attached hydrogens (tertiary/aromatic N) is 1. The van der Waals surface area contributed by atoms with Gasteiger partial charge in [0, 0.05) is 12.8 Å². The minimum absolute atomic E-state index is 0.141. The molecule has 1 aromatic heterocycles. The fraction of sp³-hybridized carbons (Fsp3) is 0.353. The zero-order chi connectivity index (χ0) is 17.8. The number of aromatic nitrogens is 1. The number of Topliss-reactive ketones (excluding diaryl/α,β-unsaturated/α-hetero) is 1. The summed E-state index contributed by atoms with van der Waals surface area (Å²) in [6.45, 7) is 1.22. The smallest absolute Gasteiger partial charge is 0.456 e. The van der Waals surface area contributed by atoms with Crippen molar-refractivity contribution in [1.82, 2.24) is 9.88 Å². The van der Waals surface area contributed by atoms with Crippen molar-refractivity contribution in [3.05, 3.63) is 47.5 Å². The molecule has 8 heteroatoms. The number of piperidine rings is 1. The molecule has 0 atom stereocenters. The van der Waals surface area contributed by atoms with Crippen molar-refractivity contribution in [1.29, 1.82) is 0 Å². The Labute approximate surface area is 140 Å². The van der Waals surface area contributed by atoms with Crippen LogP contribution in [0, 0.1) is 5.82 Å². The van der Waals surface area contributed by atoms with E-state index in [0.29, 0.717) is 31.6 Å². The first kappa shape index (κ1) is 16.1. The van der Waals surface area contributed by atoms with Crippen molar-refractivity contribution in [3.63, 3.8) is 0 Å². The highest BCUT2D eigenvalue weighted by atomic mass is 19.4. The van der Waals surface area contributed by atoms with Gasteiger partial charge >= 0.3 is 6.18 Å². The molecule has 4 nitrogen and oxygen atoms in total. The predicted molar refractivity (Wildman–Crippen MR) is 80.5 cm³/mol. The summed E-state index contributed by atoms with van der Waals surface area (Å²) in [4.78, 5) is 11.9. The number of ketones is 1. The molecule has 1 spiro atoms. The summed E-state index contributed by atoms with van der Waals surface area (Å²) >= 11 is 0. The molecule has 0 amide bonds. The number of hydrogen-bond acceptors (Lipinski definition) is 3. The first-order valence-corrected chi connectivity index (χ1v) is 7.86. The molecule has 1 saturated heterocycles. The summed E-state index contributed by atoms with van der Waals surface area (Å²) in [5.41, 5.74) is -1.26. The zero-order valence-electron chi connectivity index (χ0n) is 13.0. The number of ether oxygens (including phenoxy) is 1. The van der Waals surface area contributed by atoms with Crippen LogP contribution in [-0.4, -0.2) is 29.6 Å². The maximum absolute atomic E-state index is 14.4. The Hall–Kier alpha value is -2.35. The van der Waals surface area contributed by atoms with Crippen molar-refractivity contribution in [2.75, 3.05) is 13.1 Å². The van der Waals surface area contributed by atoms with Crippen LogP contribution in [0.5, 0.6) is 5.75 Å². The van der Waals surface area contributed by atoms with E-state index >= 15 is 0 Å². The molecule has 0 bridgehead atoms. The number of benzene rings is 1. The highest BCUT2D eigenvalue weighted by Gasteiger charge is 2.47. The van der Waals surface area contributed by atoms with Gasteiger partial charge in [-0.25, -0.2) is 4.39 Å². The SMILES string of the molecule is O=C(c1ccc2n1-c1c(F)cccc1OC21CCNCC1)C(F)(F)F. The van der Waals surface area contributed by atoms with Gasteiger partial charge in [-0.2, -0.15) is 13.2 Å². The Morgan fingerprint density at radius 3 is 2.56 bits per heavy atom. The molecule has 1 N–H and O–H groups in total. The van der Waals surface area contributed by atoms with Gasteiger partial charge in [0.2, 0.25) is 0 Å². The molecule has 1 aromatic carbocycles. The lowest BCUT2D eigenvalue weighted by Gasteiger charge is -2.42. The molecule has 1 fully saturated rings. The number of halogens is 4. The van der Waals surface area contributed by atoms with E-state index in [2.05, 4.69) is 5.32 Å². The molecule has 0 radical (unpaired) electrons. The van der Waals surface area contributed by atoms with Gasteiger partial charge in [-0.15, -0.1) is 0 Å². The summed E-state index contributed by atoms with van der Waals surface area (Å²) in [5, 5.41) is 3.17. The number of hydrogen-bond donors (Lipinski definition) is 1. The Morgan fingerprint density at radius 2 is 1.88 bits per heavy atom. The van der Waals surface area contributed by atoms with Gasteiger partial charge in [0.25, 0.3) is 5.78 Å². The van der Waals surface area contributed by atoms with Crippen LogP contribution in [0.3, 0.4) is 0 Å². The maximum atomic E-state index is 14.4. The van der Waals surface area contributed by atoms with Gasteiger partial charge in [-0.1, -0.05) is 6.07 Å². The third kappa shape index (κ3) is 2.35. The topological polar surface area (TPSA) is 43.3 Å². The van der Waals surface area contributed by atoms with Crippen molar-refractivity contribution in [2.24, 2.45) is 0 Å². The van der Waals surface area contributed by atoms with E-state index in [9.17, 15) is 22.4 Å². The van der Waals surface area contributed by atoms with E-state index in [0.717, 1.165) is 16.7 Å². The molecule has 2 aromatic rings. The Bertz CT molecular complexity index is 851. The standard InChI is InChI=1S/C17H14F4N2O2/c18-10-2-1-3-12-14(10)23-11(15(24)17(19,20)21)4-5-13(23)16(25-12)6-8-22-9-7-16/h1-5,22H,6-9H2. The summed E-state index contributed by atoms with van der Waals surface area (Å²) in [6.07, 6.45) is -4.03. The van der Waals surface area contributed by atoms with Crippen LogP contribution in [0.2, 0.25) is 0 Å². The van der Waals surface area contributed by atoms with Gasteiger partial charge in [0.15, 0.2) is 11.4 Å². The van der Waals surface area contributed by atoms with Crippen molar-refractivity contribution in [2.45, 2.75) is 24.6 Å². The maximum Gasteiger partial charge on any atom is 0.456 e. The summed E-state index contributed by atoms with van der Waals surface area (Å²) in [5.74, 6) is -2.60. The van der Waals surface area contributed by atoms with E-state index < -0.39 is 29.1 Å². The van der Waals surface area contributed by atoms with Crippen LogP contribution >= 0.6 is 0 Å². The second kappa shape index (κ2) is 5.32. The third-order valence-electron chi connectivity index (χ3n) is 4.73. The fourth-order valence-corrected chi connectivity index (χ4v) is 3.60. The largest absolute Gasteiger partial charge is 0.479 e. The molecule has 0 saturated carbocycles. The monoisotopic (exact) mass is 354 g/mol. The Kier molecular flexibility index (Phi) is 3.44. The number of alkyl halides is 3. The molecule has 0 aliphatic carbocycles. The fourth-order valence-electron chi connectivity index (χ4n) is 3.60. The van der Waals surface area contributed by atoms with Crippen molar-refractivity contribution >= 4 is 5.78 Å². The highest BCUT2D eigenvalue weighted by molar-refractivity contribution is 6.00. The second-order valence-electron chi connectivity index (χ2n) is 6.20.